The fourth-order valence-corrected chi connectivity index (χ4v) is 3.92. The van der Waals surface area contributed by atoms with Gasteiger partial charge in [0.15, 0.2) is 11.6 Å². The monoisotopic (exact) mass is 425 g/mol. The van der Waals surface area contributed by atoms with Gasteiger partial charge in [-0.15, -0.1) is 0 Å². The summed E-state index contributed by atoms with van der Waals surface area (Å²) >= 11 is 0. The summed E-state index contributed by atoms with van der Waals surface area (Å²) in [6, 6.07) is 6.21. The van der Waals surface area contributed by atoms with Crippen molar-refractivity contribution < 1.29 is 9.18 Å². The number of nitrogens with zero attached hydrogens (tertiary/aromatic N) is 3. The molecular formula is C24H32FN5O. The topological polar surface area (TPSA) is 70.2 Å². The Morgan fingerprint density at radius 1 is 1.35 bits per heavy atom. The molecule has 1 amide bonds. The molecule has 1 aliphatic heterocycles. The van der Waals surface area contributed by atoms with Crippen molar-refractivity contribution in [3.63, 3.8) is 0 Å². The average Bonchev–Trinajstić information content (AvgIpc) is 2.80. The Kier molecular flexibility index (Phi) is 7.98. The molecule has 1 saturated heterocycles. The summed E-state index contributed by atoms with van der Waals surface area (Å²) in [7, 11) is 0. The Morgan fingerprint density at radius 3 is 2.94 bits per heavy atom. The fourth-order valence-electron chi connectivity index (χ4n) is 3.92. The number of rotatable bonds is 9. The number of halogens is 1. The molecule has 0 saturated carbocycles. The van der Waals surface area contributed by atoms with Gasteiger partial charge in [-0.05, 0) is 61.4 Å². The average molecular weight is 426 g/mol. The van der Waals surface area contributed by atoms with Crippen LogP contribution in [0.5, 0.6) is 0 Å². The molecule has 1 aromatic heterocycles. The number of hydrogen-bond donors (Lipinski definition) is 2. The quantitative estimate of drug-likeness (QED) is 0.562. The SMILES string of the molecule is C=CC(=O)N1CCCC(Nc2nc(Nc3ccc(CCCC)c(CC)c3)ncc2F)C1. The molecule has 0 aliphatic carbocycles. The van der Waals surface area contributed by atoms with Gasteiger partial charge in [0.05, 0.1) is 6.20 Å². The number of piperidine rings is 1. The van der Waals surface area contributed by atoms with E-state index in [-0.39, 0.29) is 17.8 Å². The molecule has 1 fully saturated rings. The van der Waals surface area contributed by atoms with Crippen LogP contribution in [0.1, 0.15) is 50.7 Å². The molecule has 2 N–H and O–H groups in total. The van der Waals surface area contributed by atoms with Gasteiger partial charge in [0, 0.05) is 24.8 Å². The molecule has 1 unspecified atom stereocenters. The summed E-state index contributed by atoms with van der Waals surface area (Å²) in [4.78, 5) is 22.1. The molecule has 2 heterocycles. The van der Waals surface area contributed by atoms with Gasteiger partial charge in [0.2, 0.25) is 11.9 Å². The number of benzene rings is 1. The van der Waals surface area contributed by atoms with E-state index in [0.29, 0.717) is 19.0 Å². The van der Waals surface area contributed by atoms with Crippen molar-refractivity contribution in [2.45, 2.75) is 58.4 Å². The Bertz CT molecular complexity index is 917. The molecule has 7 heteroatoms. The molecule has 0 bridgehead atoms. The van der Waals surface area contributed by atoms with E-state index < -0.39 is 5.82 Å². The second kappa shape index (κ2) is 10.9. The van der Waals surface area contributed by atoms with E-state index in [1.165, 1.54) is 36.2 Å². The third kappa shape index (κ3) is 6.03. The zero-order valence-corrected chi connectivity index (χ0v) is 18.5. The highest BCUT2D eigenvalue weighted by Gasteiger charge is 2.23. The minimum absolute atomic E-state index is 0.0700. The van der Waals surface area contributed by atoms with E-state index >= 15 is 0 Å². The third-order valence-electron chi connectivity index (χ3n) is 5.64. The van der Waals surface area contributed by atoms with E-state index in [2.05, 4.69) is 53.2 Å². The number of carbonyl (C=O) groups excluding carboxylic acids is 1. The minimum Gasteiger partial charge on any atom is -0.363 e. The van der Waals surface area contributed by atoms with Gasteiger partial charge in [-0.2, -0.15) is 4.98 Å². The van der Waals surface area contributed by atoms with Gasteiger partial charge in [0.1, 0.15) is 0 Å². The molecule has 3 rings (SSSR count). The summed E-state index contributed by atoms with van der Waals surface area (Å²) in [6.45, 7) is 9.07. The standard InChI is InChI=1S/C24H32FN5O/c1-4-7-9-18-11-12-19(14-17(18)5-2)28-24-26-15-21(25)23(29-24)27-20-10-8-13-30(16-20)22(31)6-3/h6,11-12,14-15,20H,3-5,7-10,13,16H2,1-2H3,(H2,26,27,28,29). The zero-order chi connectivity index (χ0) is 22.2. The van der Waals surface area contributed by atoms with Gasteiger partial charge in [0.25, 0.3) is 0 Å². The third-order valence-corrected chi connectivity index (χ3v) is 5.64. The normalized spacial score (nSPS) is 16.1. The van der Waals surface area contributed by atoms with E-state index in [1.807, 2.05) is 6.07 Å². The Labute approximate surface area is 184 Å². The predicted molar refractivity (Wildman–Crippen MR) is 123 cm³/mol. The number of hydrogen-bond acceptors (Lipinski definition) is 5. The van der Waals surface area contributed by atoms with Crippen LogP contribution >= 0.6 is 0 Å². The van der Waals surface area contributed by atoms with Gasteiger partial charge in [-0.25, -0.2) is 9.37 Å². The second-order valence-electron chi connectivity index (χ2n) is 7.93. The number of aromatic nitrogens is 2. The number of anilines is 3. The lowest BCUT2D eigenvalue weighted by atomic mass is 9.99. The summed E-state index contributed by atoms with van der Waals surface area (Å²) in [5.41, 5.74) is 3.55. The minimum atomic E-state index is -0.512. The lowest BCUT2D eigenvalue weighted by molar-refractivity contribution is -0.127. The van der Waals surface area contributed by atoms with Gasteiger partial charge in [-0.3, -0.25) is 4.79 Å². The molecule has 0 spiro atoms. The first-order valence-corrected chi connectivity index (χ1v) is 11.1. The van der Waals surface area contributed by atoms with E-state index in [9.17, 15) is 9.18 Å². The highest BCUT2D eigenvalue weighted by molar-refractivity contribution is 5.87. The highest BCUT2D eigenvalue weighted by Crippen LogP contribution is 2.23. The molecular weight excluding hydrogens is 393 g/mol. The Morgan fingerprint density at radius 2 is 2.19 bits per heavy atom. The van der Waals surface area contributed by atoms with Crippen LogP contribution < -0.4 is 10.6 Å². The van der Waals surface area contributed by atoms with Crippen molar-refractivity contribution in [1.29, 1.82) is 0 Å². The maximum absolute atomic E-state index is 14.4. The molecule has 31 heavy (non-hydrogen) atoms. The van der Waals surface area contributed by atoms with Crippen molar-refractivity contribution in [1.82, 2.24) is 14.9 Å². The predicted octanol–water partition coefficient (Wildman–Crippen LogP) is 4.85. The smallest absolute Gasteiger partial charge is 0.246 e. The molecule has 1 atom stereocenters. The van der Waals surface area contributed by atoms with Gasteiger partial charge < -0.3 is 15.5 Å². The maximum atomic E-state index is 14.4. The van der Waals surface area contributed by atoms with E-state index in [4.69, 9.17) is 0 Å². The lowest BCUT2D eigenvalue weighted by Crippen LogP contribution is -2.44. The Hall–Kier alpha value is -2.96. The molecule has 1 aliphatic rings. The van der Waals surface area contributed by atoms with Crippen LogP contribution in [-0.4, -0.2) is 39.9 Å². The second-order valence-corrected chi connectivity index (χ2v) is 7.93. The van der Waals surface area contributed by atoms with Crippen LogP contribution in [0.4, 0.5) is 21.8 Å². The van der Waals surface area contributed by atoms with Crippen LogP contribution in [0.25, 0.3) is 0 Å². The van der Waals surface area contributed by atoms with Crippen molar-refractivity contribution >= 4 is 23.4 Å². The first kappa shape index (κ1) is 22.7. The molecule has 1 aromatic carbocycles. The first-order valence-electron chi connectivity index (χ1n) is 11.1. The zero-order valence-electron chi connectivity index (χ0n) is 18.5. The van der Waals surface area contributed by atoms with Gasteiger partial charge >= 0.3 is 0 Å². The number of nitrogens with one attached hydrogen (secondary N) is 2. The number of amides is 1. The fraction of sp³-hybridized carbons (Fsp3) is 0.458. The van der Waals surface area contributed by atoms with Crippen LogP contribution in [0.15, 0.2) is 37.1 Å². The number of unbranched alkanes of at least 4 members (excludes halogenated alkanes) is 1. The van der Waals surface area contributed by atoms with Crippen molar-refractivity contribution in [2.24, 2.45) is 0 Å². The molecule has 0 radical (unpaired) electrons. The summed E-state index contributed by atoms with van der Waals surface area (Å²) in [5.74, 6) is -0.138. The van der Waals surface area contributed by atoms with Crippen LogP contribution in [0.2, 0.25) is 0 Å². The van der Waals surface area contributed by atoms with Crippen molar-refractivity contribution in [2.75, 3.05) is 23.7 Å². The lowest BCUT2D eigenvalue weighted by Gasteiger charge is -2.32. The summed E-state index contributed by atoms with van der Waals surface area (Å²) in [6.07, 6.45) is 8.54. The first-order chi connectivity index (χ1) is 15.0. The molecule has 166 valence electrons. The number of carbonyl (C=O) groups is 1. The van der Waals surface area contributed by atoms with Gasteiger partial charge in [-0.1, -0.05) is 32.9 Å². The van der Waals surface area contributed by atoms with Crippen LogP contribution in [0.3, 0.4) is 0 Å². The van der Waals surface area contributed by atoms with Crippen LogP contribution in [0, 0.1) is 5.82 Å². The number of likely N-dealkylation sites (tertiary alicyclic amines) is 1. The summed E-state index contributed by atoms with van der Waals surface area (Å²) in [5, 5.41) is 6.34. The van der Waals surface area contributed by atoms with Crippen LogP contribution in [-0.2, 0) is 17.6 Å². The number of aryl methyl sites for hydroxylation is 2. The van der Waals surface area contributed by atoms with Crippen molar-refractivity contribution in [3.8, 4) is 0 Å². The van der Waals surface area contributed by atoms with E-state index in [1.54, 1.807) is 4.90 Å². The summed E-state index contributed by atoms with van der Waals surface area (Å²) < 4.78 is 14.4. The maximum Gasteiger partial charge on any atom is 0.246 e. The largest absolute Gasteiger partial charge is 0.363 e. The van der Waals surface area contributed by atoms with E-state index in [0.717, 1.165) is 31.4 Å². The highest BCUT2D eigenvalue weighted by atomic mass is 19.1. The Balaban J connectivity index is 1.71. The molecule has 2 aromatic rings. The van der Waals surface area contributed by atoms with Crippen molar-refractivity contribution in [3.05, 3.63) is 54.0 Å². The molecule has 6 nitrogen and oxygen atoms in total.